The first-order valence-electron chi connectivity index (χ1n) is 10.5. The number of hydrogen-bond acceptors (Lipinski definition) is 9. The average molecular weight is 489 g/mol. The average Bonchev–Trinajstić information content (AvgIpc) is 3.26. The molecule has 0 fully saturated rings. The van der Waals surface area contributed by atoms with Gasteiger partial charge in [-0.2, -0.15) is 0 Å². The summed E-state index contributed by atoms with van der Waals surface area (Å²) < 4.78 is 15.1. The van der Waals surface area contributed by atoms with E-state index in [-0.39, 0.29) is 48.2 Å². The fraction of sp³-hybridized carbons (Fsp3) is 0.348. The van der Waals surface area contributed by atoms with Crippen LogP contribution in [0.3, 0.4) is 0 Å². The van der Waals surface area contributed by atoms with E-state index in [0.29, 0.717) is 16.7 Å². The first-order chi connectivity index (χ1) is 16.3. The van der Waals surface area contributed by atoms with E-state index in [1.54, 1.807) is 38.1 Å². The fourth-order valence-electron chi connectivity index (χ4n) is 3.37. The molecule has 3 rings (SSSR count). The zero-order valence-corrected chi connectivity index (χ0v) is 19.8. The van der Waals surface area contributed by atoms with Crippen molar-refractivity contribution in [3.8, 4) is 0 Å². The largest absolute Gasteiger partial charge is 0.462 e. The number of nitrogens with one attached hydrogen (secondary N) is 1. The maximum absolute atomic E-state index is 12.7. The number of hydrogen-bond donors (Lipinski definition) is 1. The molecule has 0 bridgehead atoms. The second kappa shape index (κ2) is 11.0. The number of rotatable bonds is 10. The Morgan fingerprint density at radius 3 is 2.24 bits per heavy atom. The summed E-state index contributed by atoms with van der Waals surface area (Å²) in [7, 11) is 1.47. The Kier molecular flexibility index (Phi) is 8.13. The van der Waals surface area contributed by atoms with Crippen molar-refractivity contribution >= 4 is 46.0 Å². The van der Waals surface area contributed by atoms with E-state index in [9.17, 15) is 24.0 Å². The Hall–Kier alpha value is -3.57. The molecule has 180 valence electrons. The Labute approximate surface area is 199 Å². The molecule has 3 amide bonds. The SMILES string of the molecule is CCOC(=O)c1c(NC(=O)CCN2C(=O)c3ccccc3C2=O)sc(C(=O)OCCOC)c1C. The van der Waals surface area contributed by atoms with Gasteiger partial charge in [0.15, 0.2) is 0 Å². The molecule has 1 aliphatic rings. The van der Waals surface area contributed by atoms with Crippen molar-refractivity contribution in [1.82, 2.24) is 4.90 Å². The molecular formula is C23H24N2O8S. The number of carbonyl (C=O) groups is 5. The van der Waals surface area contributed by atoms with E-state index in [1.165, 1.54) is 7.11 Å². The summed E-state index contributed by atoms with van der Waals surface area (Å²) in [6, 6.07) is 6.44. The van der Waals surface area contributed by atoms with E-state index < -0.39 is 29.7 Å². The molecular weight excluding hydrogens is 464 g/mol. The van der Waals surface area contributed by atoms with Gasteiger partial charge in [-0.1, -0.05) is 12.1 Å². The summed E-state index contributed by atoms with van der Waals surface area (Å²) in [6.45, 7) is 3.41. The number of carbonyl (C=O) groups excluding carboxylic acids is 5. The Balaban J connectivity index is 1.73. The van der Waals surface area contributed by atoms with Crippen LogP contribution in [0.4, 0.5) is 5.00 Å². The van der Waals surface area contributed by atoms with Crippen molar-refractivity contribution in [1.29, 1.82) is 0 Å². The molecule has 2 aromatic rings. The molecule has 1 aliphatic heterocycles. The molecule has 10 nitrogen and oxygen atoms in total. The van der Waals surface area contributed by atoms with Gasteiger partial charge in [0.1, 0.15) is 16.5 Å². The third kappa shape index (κ3) is 5.15. The van der Waals surface area contributed by atoms with E-state index in [1.807, 2.05) is 0 Å². The standard InChI is InChI=1S/C23H24N2O8S/c1-4-32-22(29)17-13(2)18(23(30)33-12-11-31-3)34-19(17)24-16(26)9-10-25-20(27)14-7-5-6-8-15(14)21(25)28/h5-8H,4,9-12H2,1-3H3,(H,24,26). The predicted octanol–water partition coefficient (Wildman–Crippen LogP) is 2.66. The Morgan fingerprint density at radius 1 is 1.00 bits per heavy atom. The van der Waals surface area contributed by atoms with Crippen molar-refractivity contribution in [2.75, 3.05) is 38.8 Å². The van der Waals surface area contributed by atoms with Gasteiger partial charge in [0, 0.05) is 20.1 Å². The molecule has 1 aromatic heterocycles. The lowest BCUT2D eigenvalue weighted by Crippen LogP contribution is -2.32. The number of methoxy groups -OCH3 is 1. The van der Waals surface area contributed by atoms with Crippen LogP contribution in [0.1, 0.15) is 59.7 Å². The van der Waals surface area contributed by atoms with Crippen molar-refractivity contribution in [2.45, 2.75) is 20.3 Å². The molecule has 0 atom stereocenters. The lowest BCUT2D eigenvalue weighted by Gasteiger charge is -2.13. The van der Waals surface area contributed by atoms with Gasteiger partial charge in [-0.3, -0.25) is 19.3 Å². The summed E-state index contributed by atoms with van der Waals surface area (Å²) in [4.78, 5) is 63.7. The number of thiophene rings is 1. The van der Waals surface area contributed by atoms with Crippen LogP contribution in [0.5, 0.6) is 0 Å². The van der Waals surface area contributed by atoms with Crippen molar-refractivity contribution in [3.05, 3.63) is 51.4 Å². The normalized spacial score (nSPS) is 12.5. The van der Waals surface area contributed by atoms with Crippen LogP contribution >= 0.6 is 11.3 Å². The smallest absolute Gasteiger partial charge is 0.348 e. The van der Waals surface area contributed by atoms with Crippen LogP contribution < -0.4 is 5.32 Å². The van der Waals surface area contributed by atoms with E-state index in [2.05, 4.69) is 5.32 Å². The van der Waals surface area contributed by atoms with Crippen LogP contribution in [0.2, 0.25) is 0 Å². The number of amides is 3. The van der Waals surface area contributed by atoms with Gasteiger partial charge in [0.05, 0.1) is 29.9 Å². The van der Waals surface area contributed by atoms with Gasteiger partial charge in [0.25, 0.3) is 11.8 Å². The predicted molar refractivity (Wildman–Crippen MR) is 122 cm³/mol. The van der Waals surface area contributed by atoms with Crippen molar-refractivity contribution in [3.63, 3.8) is 0 Å². The van der Waals surface area contributed by atoms with E-state index in [4.69, 9.17) is 14.2 Å². The first kappa shape index (κ1) is 25.1. The molecule has 34 heavy (non-hydrogen) atoms. The number of ether oxygens (including phenoxy) is 3. The number of anilines is 1. The van der Waals surface area contributed by atoms with Crippen molar-refractivity contribution < 1.29 is 38.2 Å². The summed E-state index contributed by atoms with van der Waals surface area (Å²) in [5, 5.41) is 2.73. The maximum Gasteiger partial charge on any atom is 0.348 e. The Morgan fingerprint density at radius 2 is 1.65 bits per heavy atom. The topological polar surface area (TPSA) is 128 Å². The summed E-state index contributed by atoms with van der Waals surface area (Å²) >= 11 is 0.888. The molecule has 0 radical (unpaired) electrons. The van der Waals surface area contributed by atoms with E-state index in [0.717, 1.165) is 16.2 Å². The summed E-state index contributed by atoms with van der Waals surface area (Å²) in [5.74, 6) is -2.82. The van der Waals surface area contributed by atoms with E-state index >= 15 is 0 Å². The minimum atomic E-state index is -0.692. The molecule has 2 heterocycles. The number of fused-ring (bicyclic) bond motifs is 1. The Bertz CT molecular complexity index is 1100. The zero-order valence-electron chi connectivity index (χ0n) is 19.0. The van der Waals surface area contributed by atoms with Crippen LogP contribution in [0.25, 0.3) is 0 Å². The highest BCUT2D eigenvalue weighted by Crippen LogP contribution is 2.34. The lowest BCUT2D eigenvalue weighted by atomic mass is 10.1. The highest BCUT2D eigenvalue weighted by molar-refractivity contribution is 7.18. The highest BCUT2D eigenvalue weighted by Gasteiger charge is 2.35. The lowest BCUT2D eigenvalue weighted by molar-refractivity contribution is -0.116. The third-order valence-corrected chi connectivity index (χ3v) is 6.21. The summed E-state index contributed by atoms with van der Waals surface area (Å²) in [5.41, 5.74) is 0.965. The number of imide groups is 1. The molecule has 11 heteroatoms. The molecule has 0 spiro atoms. The van der Waals surface area contributed by atoms with Crippen LogP contribution in [-0.2, 0) is 19.0 Å². The number of esters is 2. The molecule has 0 saturated heterocycles. The second-order valence-corrected chi connectivity index (χ2v) is 8.24. The number of nitrogens with zero attached hydrogens (tertiary/aromatic N) is 1. The fourth-order valence-corrected chi connectivity index (χ4v) is 4.48. The minimum Gasteiger partial charge on any atom is -0.462 e. The molecule has 0 aliphatic carbocycles. The second-order valence-electron chi connectivity index (χ2n) is 7.22. The zero-order chi connectivity index (χ0) is 24.8. The quantitative estimate of drug-likeness (QED) is 0.307. The minimum absolute atomic E-state index is 0.0311. The van der Waals surface area contributed by atoms with Crippen LogP contribution in [-0.4, -0.2) is 68.0 Å². The van der Waals surface area contributed by atoms with Gasteiger partial charge in [-0.05, 0) is 31.5 Å². The van der Waals surface area contributed by atoms with Crippen LogP contribution in [0.15, 0.2) is 24.3 Å². The monoisotopic (exact) mass is 488 g/mol. The molecule has 0 saturated carbocycles. The van der Waals surface area contributed by atoms with Crippen molar-refractivity contribution in [2.24, 2.45) is 0 Å². The first-order valence-corrected chi connectivity index (χ1v) is 11.3. The van der Waals surface area contributed by atoms with Gasteiger partial charge in [-0.15, -0.1) is 11.3 Å². The number of benzene rings is 1. The molecule has 1 aromatic carbocycles. The van der Waals surface area contributed by atoms with Crippen LogP contribution in [0, 0.1) is 6.92 Å². The van der Waals surface area contributed by atoms with Gasteiger partial charge in [-0.25, -0.2) is 9.59 Å². The van der Waals surface area contributed by atoms with Gasteiger partial charge < -0.3 is 19.5 Å². The van der Waals surface area contributed by atoms with Gasteiger partial charge in [0.2, 0.25) is 5.91 Å². The maximum atomic E-state index is 12.7. The molecule has 0 unspecified atom stereocenters. The summed E-state index contributed by atoms with van der Waals surface area (Å²) in [6.07, 6.45) is -0.196. The molecule has 1 N–H and O–H groups in total. The highest BCUT2D eigenvalue weighted by atomic mass is 32.1. The third-order valence-electron chi connectivity index (χ3n) is 5.03. The van der Waals surface area contributed by atoms with Gasteiger partial charge >= 0.3 is 11.9 Å².